The number of hydrazone groups is 1. The molecule has 0 spiro atoms. The number of hydrogen-bond donors (Lipinski definition) is 2. The first-order chi connectivity index (χ1) is 13.3. The maximum Gasteiger partial charge on any atom is 0.296 e. The molecule has 2 aromatic carbocycles. The molecule has 10 nitrogen and oxygen atoms in total. The highest BCUT2D eigenvalue weighted by atomic mass is 32.2. The number of para-hydroxylation sites is 1. The predicted octanol–water partition coefficient (Wildman–Crippen LogP) is 1.88. The van der Waals surface area contributed by atoms with Crippen molar-refractivity contribution in [1.82, 2.24) is 5.32 Å². The first-order valence-electron chi connectivity index (χ1n) is 8.00. The van der Waals surface area contributed by atoms with Crippen LogP contribution in [0.4, 0.5) is 11.4 Å². The van der Waals surface area contributed by atoms with Gasteiger partial charge in [-0.15, -0.1) is 5.10 Å². The summed E-state index contributed by atoms with van der Waals surface area (Å²) in [4.78, 5) is 23.7. The third-order valence-electron chi connectivity index (χ3n) is 3.64. The summed E-state index contributed by atoms with van der Waals surface area (Å²) in [6, 6.07) is 12.6. The predicted molar refractivity (Wildman–Crippen MR) is 99.7 cm³/mol. The molecule has 1 aliphatic rings. The smallest absolute Gasteiger partial charge is 0.296 e. The maximum absolute atomic E-state index is 12.7. The van der Waals surface area contributed by atoms with Crippen molar-refractivity contribution in [3.8, 4) is 0 Å². The average molecular weight is 401 g/mol. The molecule has 3 rings (SSSR count). The van der Waals surface area contributed by atoms with E-state index in [1.807, 2.05) is 0 Å². The number of amidine groups is 1. The summed E-state index contributed by atoms with van der Waals surface area (Å²) in [5, 5.41) is 15.3. The van der Waals surface area contributed by atoms with E-state index in [-0.39, 0.29) is 11.5 Å². The Morgan fingerprint density at radius 1 is 1.14 bits per heavy atom. The van der Waals surface area contributed by atoms with E-state index in [4.69, 9.17) is 0 Å². The van der Waals surface area contributed by atoms with Gasteiger partial charge in [-0.2, -0.15) is 23.7 Å². The summed E-state index contributed by atoms with van der Waals surface area (Å²) in [5.41, 5.74) is 0.310. The van der Waals surface area contributed by atoms with Crippen LogP contribution in [-0.4, -0.2) is 36.7 Å². The third-order valence-corrected chi connectivity index (χ3v) is 4.54. The molecule has 2 aromatic rings. The van der Waals surface area contributed by atoms with E-state index in [1.54, 1.807) is 30.3 Å². The van der Waals surface area contributed by atoms with Crippen molar-refractivity contribution >= 4 is 39.1 Å². The van der Waals surface area contributed by atoms with Crippen LogP contribution in [0.5, 0.6) is 0 Å². The lowest BCUT2D eigenvalue weighted by Gasteiger charge is -2.11. The SMILES string of the molecule is CC(=O)NC1=NN(c2ccccc2)C(=O)C1N=Nc1ccccc1S(=O)(=O)O. The number of nitrogens with one attached hydrogen (secondary N) is 1. The van der Waals surface area contributed by atoms with Crippen molar-refractivity contribution in [3.05, 3.63) is 54.6 Å². The van der Waals surface area contributed by atoms with Crippen LogP contribution < -0.4 is 10.3 Å². The number of hydrogen-bond acceptors (Lipinski definition) is 7. The van der Waals surface area contributed by atoms with Crippen LogP contribution in [0.1, 0.15) is 6.92 Å². The summed E-state index contributed by atoms with van der Waals surface area (Å²) >= 11 is 0. The van der Waals surface area contributed by atoms with Crippen LogP contribution >= 0.6 is 0 Å². The molecular weight excluding hydrogens is 386 g/mol. The summed E-state index contributed by atoms with van der Waals surface area (Å²) < 4.78 is 32.2. The monoisotopic (exact) mass is 401 g/mol. The molecule has 0 saturated carbocycles. The van der Waals surface area contributed by atoms with E-state index in [2.05, 4.69) is 20.6 Å². The summed E-state index contributed by atoms with van der Waals surface area (Å²) in [7, 11) is -4.53. The molecular formula is C17H15N5O5S. The quantitative estimate of drug-likeness (QED) is 0.594. The van der Waals surface area contributed by atoms with Gasteiger partial charge < -0.3 is 5.32 Å². The van der Waals surface area contributed by atoms with Gasteiger partial charge in [0.25, 0.3) is 16.0 Å². The van der Waals surface area contributed by atoms with Crippen LogP contribution in [0, 0.1) is 0 Å². The Labute approximate surface area is 160 Å². The standard InChI is InChI=1S/C17H15N5O5S/c1-11(23)18-16-15(17(24)22(21-16)12-7-3-2-4-8-12)20-19-13-9-5-6-10-14(13)28(25,26)27/h2-10,15H,1H3,(H,18,21,23)(H,25,26,27). The topological polar surface area (TPSA) is 141 Å². The number of azo groups is 1. The summed E-state index contributed by atoms with van der Waals surface area (Å²) in [6.45, 7) is 1.25. The van der Waals surface area contributed by atoms with Crippen molar-refractivity contribution in [2.45, 2.75) is 17.9 Å². The molecule has 0 radical (unpaired) electrons. The lowest BCUT2D eigenvalue weighted by Crippen LogP contribution is -2.38. The minimum atomic E-state index is -4.53. The Kier molecular flexibility index (Phi) is 5.29. The molecule has 28 heavy (non-hydrogen) atoms. The van der Waals surface area contributed by atoms with Gasteiger partial charge in [-0.3, -0.25) is 14.1 Å². The number of carbonyl (C=O) groups is 2. The molecule has 0 saturated heterocycles. The fourth-order valence-electron chi connectivity index (χ4n) is 2.45. The maximum atomic E-state index is 12.7. The van der Waals surface area contributed by atoms with Crippen molar-refractivity contribution in [1.29, 1.82) is 0 Å². The fourth-order valence-corrected chi connectivity index (χ4v) is 3.08. The van der Waals surface area contributed by atoms with Gasteiger partial charge in [0.2, 0.25) is 11.9 Å². The lowest BCUT2D eigenvalue weighted by atomic mass is 10.2. The molecule has 11 heteroatoms. The Balaban J connectivity index is 1.97. The number of anilines is 1. The molecule has 0 bridgehead atoms. The highest BCUT2D eigenvalue weighted by Crippen LogP contribution is 2.26. The zero-order chi connectivity index (χ0) is 20.3. The number of carbonyl (C=O) groups excluding carboxylic acids is 2. The molecule has 1 heterocycles. The van der Waals surface area contributed by atoms with E-state index in [1.165, 1.54) is 25.1 Å². The number of benzene rings is 2. The van der Waals surface area contributed by atoms with E-state index in [0.717, 1.165) is 11.1 Å². The molecule has 144 valence electrons. The van der Waals surface area contributed by atoms with Crippen LogP contribution in [-0.2, 0) is 19.7 Å². The van der Waals surface area contributed by atoms with Gasteiger partial charge >= 0.3 is 0 Å². The zero-order valence-corrected chi connectivity index (χ0v) is 15.4. The molecule has 1 atom stereocenters. The normalized spacial score (nSPS) is 17.1. The Morgan fingerprint density at radius 2 is 1.79 bits per heavy atom. The van der Waals surface area contributed by atoms with Gasteiger partial charge in [-0.25, -0.2) is 0 Å². The second-order valence-electron chi connectivity index (χ2n) is 5.71. The highest BCUT2D eigenvalue weighted by molar-refractivity contribution is 7.86. The third kappa shape index (κ3) is 4.10. The van der Waals surface area contributed by atoms with E-state index in [0.29, 0.717) is 5.69 Å². The van der Waals surface area contributed by atoms with Crippen molar-refractivity contribution < 1.29 is 22.6 Å². The van der Waals surface area contributed by atoms with E-state index < -0.39 is 32.9 Å². The van der Waals surface area contributed by atoms with Crippen LogP contribution in [0.25, 0.3) is 0 Å². The first kappa shape index (κ1) is 19.3. The molecule has 1 unspecified atom stereocenters. The number of amides is 2. The Bertz CT molecular complexity index is 1080. The highest BCUT2D eigenvalue weighted by Gasteiger charge is 2.38. The van der Waals surface area contributed by atoms with Gasteiger partial charge in [0.05, 0.1) is 5.69 Å². The Hall–Kier alpha value is -3.44. The van der Waals surface area contributed by atoms with Gasteiger partial charge in [0.15, 0.2) is 5.84 Å². The minimum absolute atomic E-state index is 0.0468. The molecule has 1 aliphatic heterocycles. The molecule has 0 fully saturated rings. The van der Waals surface area contributed by atoms with Gasteiger partial charge in [0.1, 0.15) is 10.6 Å². The largest absolute Gasteiger partial charge is 0.311 e. The van der Waals surface area contributed by atoms with Gasteiger partial charge in [0, 0.05) is 6.92 Å². The molecule has 0 aromatic heterocycles. The molecule has 0 aliphatic carbocycles. The van der Waals surface area contributed by atoms with Crippen molar-refractivity contribution in [2.24, 2.45) is 15.3 Å². The van der Waals surface area contributed by atoms with Crippen LogP contribution in [0.2, 0.25) is 0 Å². The molecule has 2 amide bonds. The number of rotatable bonds is 4. The Morgan fingerprint density at radius 3 is 2.43 bits per heavy atom. The zero-order valence-electron chi connectivity index (χ0n) is 14.6. The second kappa shape index (κ2) is 7.66. The minimum Gasteiger partial charge on any atom is -0.311 e. The van der Waals surface area contributed by atoms with E-state index >= 15 is 0 Å². The number of nitrogens with zero attached hydrogens (tertiary/aromatic N) is 4. The van der Waals surface area contributed by atoms with Crippen LogP contribution in [0.15, 0.2) is 74.8 Å². The first-order valence-corrected chi connectivity index (χ1v) is 9.44. The van der Waals surface area contributed by atoms with Gasteiger partial charge in [-0.1, -0.05) is 30.3 Å². The summed E-state index contributed by atoms with van der Waals surface area (Å²) in [6.07, 6.45) is 0. The van der Waals surface area contributed by atoms with Crippen molar-refractivity contribution in [2.75, 3.05) is 5.01 Å². The van der Waals surface area contributed by atoms with Crippen LogP contribution in [0.3, 0.4) is 0 Å². The lowest BCUT2D eigenvalue weighted by molar-refractivity contribution is -0.117. The molecule has 2 N–H and O–H groups in total. The summed E-state index contributed by atoms with van der Waals surface area (Å²) in [5.74, 6) is -1.09. The van der Waals surface area contributed by atoms with Gasteiger partial charge in [-0.05, 0) is 24.3 Å². The second-order valence-corrected chi connectivity index (χ2v) is 7.10. The van der Waals surface area contributed by atoms with Crippen molar-refractivity contribution in [3.63, 3.8) is 0 Å². The fraction of sp³-hybridized carbons (Fsp3) is 0.118. The van der Waals surface area contributed by atoms with E-state index in [9.17, 15) is 22.6 Å². The average Bonchev–Trinajstić information content (AvgIpc) is 2.95.